The molecule has 1 heterocycles. The van der Waals surface area contributed by atoms with Crippen LogP contribution in [0.1, 0.15) is 21.8 Å². The molecule has 0 atom stereocenters. The number of rotatable bonds is 2. The second-order valence-corrected chi connectivity index (χ2v) is 2.53. The summed E-state index contributed by atoms with van der Waals surface area (Å²) in [6.07, 6.45) is -2.81. The molecule has 0 saturated heterocycles. The van der Waals surface area contributed by atoms with Crippen LogP contribution in [0.5, 0.6) is 0 Å². The summed E-state index contributed by atoms with van der Waals surface area (Å²) in [4.78, 5) is 13.1. The van der Waals surface area contributed by atoms with Crippen LogP contribution in [-0.4, -0.2) is 16.1 Å². The largest absolute Gasteiger partial charge is 0.477 e. The van der Waals surface area contributed by atoms with E-state index in [1.807, 2.05) is 0 Å². The molecular weight excluding hydrogens is 176 g/mol. The molecule has 1 aromatic rings. The summed E-state index contributed by atoms with van der Waals surface area (Å²) in [7, 11) is 0. The molecule has 0 unspecified atom stereocenters. The Balaban J connectivity index is 3.06. The molecule has 0 aliphatic rings. The normalized spacial score (nSPS) is 10.5. The van der Waals surface area contributed by atoms with Crippen molar-refractivity contribution in [1.82, 2.24) is 4.98 Å². The van der Waals surface area contributed by atoms with Crippen LogP contribution in [0.25, 0.3) is 0 Å². The van der Waals surface area contributed by atoms with Gasteiger partial charge in [0.15, 0.2) is 0 Å². The van der Waals surface area contributed by atoms with Crippen LogP contribution in [0.3, 0.4) is 0 Å². The number of alkyl halides is 2. The Bertz CT molecular complexity index is 273. The van der Waals surface area contributed by atoms with Gasteiger partial charge in [-0.05, 0) is 0 Å². The summed E-state index contributed by atoms with van der Waals surface area (Å²) < 4.78 is 23.8. The molecule has 6 heteroatoms. The van der Waals surface area contributed by atoms with E-state index in [-0.39, 0.29) is 4.88 Å². The molecule has 0 bridgehead atoms. The Hall–Kier alpha value is -1.04. The number of hydrogen-bond acceptors (Lipinski definition) is 3. The molecule has 3 nitrogen and oxygen atoms in total. The maximum Gasteiger partial charge on any atom is 0.348 e. The first-order valence-electron chi connectivity index (χ1n) is 2.57. The zero-order valence-electron chi connectivity index (χ0n) is 5.12. The highest BCUT2D eigenvalue weighted by molar-refractivity contribution is 7.11. The average molecular weight is 179 g/mol. The van der Waals surface area contributed by atoms with Crippen LogP contribution < -0.4 is 0 Å². The van der Waals surface area contributed by atoms with Gasteiger partial charge in [-0.1, -0.05) is 0 Å². The van der Waals surface area contributed by atoms with E-state index >= 15 is 0 Å². The van der Waals surface area contributed by atoms with Gasteiger partial charge in [0.25, 0.3) is 6.43 Å². The van der Waals surface area contributed by atoms with Gasteiger partial charge in [0, 0.05) is 0 Å². The van der Waals surface area contributed by atoms with Crippen molar-refractivity contribution < 1.29 is 18.7 Å². The number of thiazole rings is 1. The molecule has 60 valence electrons. The Morgan fingerprint density at radius 3 is 2.73 bits per heavy atom. The summed E-state index contributed by atoms with van der Waals surface area (Å²) in [6.45, 7) is 0. The van der Waals surface area contributed by atoms with Gasteiger partial charge in [-0.2, -0.15) is 0 Å². The van der Waals surface area contributed by atoms with Crippen molar-refractivity contribution >= 4 is 17.3 Å². The van der Waals surface area contributed by atoms with E-state index in [1.54, 1.807) is 0 Å². The summed E-state index contributed by atoms with van der Waals surface area (Å²) in [5.41, 5.74) is 0.438. The van der Waals surface area contributed by atoms with Crippen LogP contribution in [0.15, 0.2) is 5.51 Å². The van der Waals surface area contributed by atoms with E-state index in [9.17, 15) is 13.6 Å². The number of nitrogens with zero attached hydrogens (tertiary/aromatic N) is 1. The van der Waals surface area contributed by atoms with Gasteiger partial charge in [0.1, 0.15) is 10.6 Å². The highest BCUT2D eigenvalue weighted by Gasteiger charge is 2.20. The first-order chi connectivity index (χ1) is 5.13. The SMILES string of the molecule is O=C(O)c1scnc1C(F)F. The predicted octanol–water partition coefficient (Wildman–Crippen LogP) is 1.78. The maximum atomic E-state index is 11.9. The molecular formula is C5H3F2NO2S. The smallest absolute Gasteiger partial charge is 0.348 e. The standard InChI is InChI=1S/C5H3F2NO2S/c6-4(7)2-3(5(9)10)11-1-8-2/h1,4H,(H,9,10). The van der Waals surface area contributed by atoms with Crippen LogP contribution in [0, 0.1) is 0 Å². The third-order valence-electron chi connectivity index (χ3n) is 0.996. The maximum absolute atomic E-state index is 11.9. The molecule has 0 amide bonds. The molecule has 0 fully saturated rings. The minimum absolute atomic E-state index is 0.389. The van der Waals surface area contributed by atoms with Crippen LogP contribution in [0.4, 0.5) is 8.78 Å². The van der Waals surface area contributed by atoms with Crippen molar-refractivity contribution in [2.75, 3.05) is 0 Å². The lowest BCUT2D eigenvalue weighted by atomic mass is 10.4. The summed E-state index contributed by atoms with van der Waals surface area (Å²) in [6, 6.07) is 0. The number of carboxylic acid groups (broad SMARTS) is 1. The number of carboxylic acids is 1. The van der Waals surface area contributed by atoms with E-state index in [4.69, 9.17) is 5.11 Å². The quantitative estimate of drug-likeness (QED) is 0.752. The molecule has 0 aliphatic carbocycles. The molecule has 11 heavy (non-hydrogen) atoms. The second-order valence-electron chi connectivity index (χ2n) is 1.67. The Morgan fingerprint density at radius 2 is 2.36 bits per heavy atom. The van der Waals surface area contributed by atoms with Gasteiger partial charge >= 0.3 is 5.97 Å². The number of aromatic carboxylic acids is 1. The lowest BCUT2D eigenvalue weighted by Crippen LogP contribution is -1.98. The average Bonchev–Trinajstić information content (AvgIpc) is 2.32. The summed E-state index contributed by atoms with van der Waals surface area (Å²) >= 11 is 0.695. The van der Waals surface area contributed by atoms with Gasteiger partial charge < -0.3 is 5.11 Å². The zero-order valence-corrected chi connectivity index (χ0v) is 5.94. The van der Waals surface area contributed by atoms with Gasteiger partial charge in [-0.15, -0.1) is 11.3 Å². The summed E-state index contributed by atoms with van der Waals surface area (Å²) in [5.74, 6) is -1.36. The van der Waals surface area contributed by atoms with E-state index in [0.29, 0.717) is 11.3 Å². The third-order valence-corrected chi connectivity index (χ3v) is 1.83. The monoisotopic (exact) mass is 179 g/mol. The fraction of sp³-hybridized carbons (Fsp3) is 0.200. The van der Waals surface area contributed by atoms with Crippen LogP contribution in [0.2, 0.25) is 0 Å². The number of hydrogen-bond donors (Lipinski definition) is 1. The highest BCUT2D eigenvalue weighted by atomic mass is 32.1. The Morgan fingerprint density at radius 1 is 1.73 bits per heavy atom. The van der Waals surface area contributed by atoms with Crippen molar-refractivity contribution in [2.45, 2.75) is 6.43 Å². The minimum Gasteiger partial charge on any atom is -0.477 e. The molecule has 1 rings (SSSR count). The van der Waals surface area contributed by atoms with Crippen molar-refractivity contribution in [3.05, 3.63) is 16.1 Å². The lowest BCUT2D eigenvalue weighted by molar-refractivity contribution is 0.0689. The number of halogens is 2. The van der Waals surface area contributed by atoms with E-state index < -0.39 is 18.1 Å². The Labute approximate surface area is 64.3 Å². The molecule has 0 aliphatic heterocycles. The first-order valence-corrected chi connectivity index (χ1v) is 3.45. The van der Waals surface area contributed by atoms with Crippen molar-refractivity contribution in [3.63, 3.8) is 0 Å². The molecule has 0 saturated carbocycles. The van der Waals surface area contributed by atoms with Gasteiger partial charge in [0.2, 0.25) is 0 Å². The van der Waals surface area contributed by atoms with Crippen molar-refractivity contribution in [2.24, 2.45) is 0 Å². The number of carbonyl (C=O) groups is 1. The highest BCUT2D eigenvalue weighted by Crippen LogP contribution is 2.23. The van der Waals surface area contributed by atoms with Crippen molar-refractivity contribution in [3.8, 4) is 0 Å². The topological polar surface area (TPSA) is 50.2 Å². The van der Waals surface area contributed by atoms with Crippen LogP contribution >= 0.6 is 11.3 Å². The molecule has 0 aromatic carbocycles. The van der Waals surface area contributed by atoms with E-state index in [2.05, 4.69) is 4.98 Å². The zero-order chi connectivity index (χ0) is 8.43. The van der Waals surface area contributed by atoms with Gasteiger partial charge in [-0.25, -0.2) is 18.6 Å². The third kappa shape index (κ3) is 1.51. The van der Waals surface area contributed by atoms with Crippen molar-refractivity contribution in [1.29, 1.82) is 0 Å². The Kier molecular flexibility index (Phi) is 2.13. The second kappa shape index (κ2) is 2.91. The van der Waals surface area contributed by atoms with E-state index in [0.717, 1.165) is 5.51 Å². The van der Waals surface area contributed by atoms with Gasteiger partial charge in [0.05, 0.1) is 5.51 Å². The first kappa shape index (κ1) is 8.06. The molecule has 1 N–H and O–H groups in total. The fourth-order valence-electron chi connectivity index (χ4n) is 0.570. The van der Waals surface area contributed by atoms with Crippen LogP contribution in [-0.2, 0) is 0 Å². The fourth-order valence-corrected chi connectivity index (χ4v) is 1.21. The molecule has 0 radical (unpaired) electrons. The molecule has 1 aromatic heterocycles. The lowest BCUT2D eigenvalue weighted by Gasteiger charge is -1.93. The number of aromatic nitrogens is 1. The van der Waals surface area contributed by atoms with Gasteiger partial charge in [-0.3, -0.25) is 0 Å². The minimum atomic E-state index is -2.81. The van der Waals surface area contributed by atoms with E-state index in [1.165, 1.54) is 0 Å². The molecule has 0 spiro atoms. The predicted molar refractivity (Wildman–Crippen MR) is 34.0 cm³/mol. The summed E-state index contributed by atoms with van der Waals surface area (Å²) in [5, 5.41) is 8.34.